The van der Waals surface area contributed by atoms with E-state index in [9.17, 15) is 0 Å². The molecule has 5 nitrogen and oxygen atoms in total. The first kappa shape index (κ1) is 15.0. The first-order chi connectivity index (χ1) is 9.58. The average molecular weight is 339 g/mol. The Bertz CT molecular complexity index is 597. The van der Waals surface area contributed by atoms with Crippen LogP contribution in [0.4, 0.5) is 0 Å². The number of hydrogen-bond donors (Lipinski definition) is 1. The molecule has 0 radical (unpaired) electrons. The van der Waals surface area contributed by atoms with Crippen molar-refractivity contribution in [2.45, 2.75) is 32.9 Å². The molecule has 0 saturated heterocycles. The Hall–Kier alpha value is -1.40. The molecule has 0 amide bonds. The summed E-state index contributed by atoms with van der Waals surface area (Å²) in [5.41, 5.74) is 9.31. The van der Waals surface area contributed by atoms with Gasteiger partial charge in [0, 0.05) is 30.8 Å². The normalized spacial score (nSPS) is 12.4. The first-order valence-corrected chi connectivity index (χ1v) is 7.34. The van der Waals surface area contributed by atoms with E-state index in [0.717, 1.165) is 28.0 Å². The summed E-state index contributed by atoms with van der Waals surface area (Å²) in [7, 11) is 1.61. The van der Waals surface area contributed by atoms with Crippen LogP contribution in [0.25, 0.3) is 0 Å². The Morgan fingerprint density at radius 3 is 2.90 bits per heavy atom. The third kappa shape index (κ3) is 2.86. The number of hydrogen-bond acceptors (Lipinski definition) is 4. The molecule has 0 spiro atoms. The van der Waals surface area contributed by atoms with E-state index in [4.69, 9.17) is 10.5 Å². The van der Waals surface area contributed by atoms with E-state index in [1.807, 2.05) is 23.7 Å². The van der Waals surface area contributed by atoms with Gasteiger partial charge in [0.25, 0.3) is 0 Å². The molecule has 2 heterocycles. The van der Waals surface area contributed by atoms with Crippen LogP contribution in [0.15, 0.2) is 22.8 Å². The Kier molecular flexibility index (Phi) is 4.77. The Labute approximate surface area is 127 Å². The van der Waals surface area contributed by atoms with Gasteiger partial charge in [-0.3, -0.25) is 4.68 Å². The van der Waals surface area contributed by atoms with Gasteiger partial charge in [-0.1, -0.05) is 6.07 Å². The van der Waals surface area contributed by atoms with Gasteiger partial charge in [-0.2, -0.15) is 5.10 Å². The molecular weight excluding hydrogens is 320 g/mol. The summed E-state index contributed by atoms with van der Waals surface area (Å²) in [6, 6.07) is 3.63. The molecule has 6 heteroatoms. The molecule has 0 aliphatic rings. The molecule has 1 unspecified atom stereocenters. The van der Waals surface area contributed by atoms with Crippen LogP contribution in [0.2, 0.25) is 0 Å². The van der Waals surface area contributed by atoms with Crippen LogP contribution >= 0.6 is 15.9 Å². The summed E-state index contributed by atoms with van der Waals surface area (Å²) >= 11 is 3.59. The summed E-state index contributed by atoms with van der Waals surface area (Å²) in [5.74, 6) is 0.579. The standard InChI is InChI=1S/C14H19BrN4O/c1-4-19-12(13(15)9(2)18-19)8-11(16)10-6-5-7-17-14(10)20-3/h5-7,11H,4,8,16H2,1-3H3. The molecule has 2 aromatic rings. The van der Waals surface area contributed by atoms with Crippen molar-refractivity contribution in [3.05, 3.63) is 39.8 Å². The van der Waals surface area contributed by atoms with E-state index < -0.39 is 0 Å². The van der Waals surface area contributed by atoms with Crippen LogP contribution in [-0.4, -0.2) is 21.9 Å². The highest BCUT2D eigenvalue weighted by Crippen LogP contribution is 2.28. The van der Waals surface area contributed by atoms with Crippen molar-refractivity contribution < 1.29 is 4.74 Å². The number of pyridine rings is 1. The number of nitrogens with zero attached hydrogens (tertiary/aromatic N) is 3. The van der Waals surface area contributed by atoms with E-state index in [-0.39, 0.29) is 6.04 Å². The maximum atomic E-state index is 6.32. The van der Waals surface area contributed by atoms with Gasteiger partial charge in [0.1, 0.15) is 0 Å². The van der Waals surface area contributed by atoms with Crippen molar-refractivity contribution in [1.29, 1.82) is 0 Å². The van der Waals surface area contributed by atoms with E-state index in [1.54, 1.807) is 13.3 Å². The van der Waals surface area contributed by atoms with Crippen molar-refractivity contribution in [2.24, 2.45) is 5.73 Å². The molecule has 0 aromatic carbocycles. The summed E-state index contributed by atoms with van der Waals surface area (Å²) in [4.78, 5) is 4.19. The van der Waals surface area contributed by atoms with Crippen LogP contribution in [-0.2, 0) is 13.0 Å². The maximum absolute atomic E-state index is 6.32. The zero-order valence-electron chi connectivity index (χ0n) is 11.9. The largest absolute Gasteiger partial charge is 0.481 e. The van der Waals surface area contributed by atoms with Gasteiger partial charge in [0.2, 0.25) is 5.88 Å². The number of methoxy groups -OCH3 is 1. The van der Waals surface area contributed by atoms with Gasteiger partial charge < -0.3 is 10.5 Å². The Balaban J connectivity index is 2.30. The third-order valence-electron chi connectivity index (χ3n) is 3.26. The average Bonchev–Trinajstić information content (AvgIpc) is 2.74. The maximum Gasteiger partial charge on any atom is 0.217 e. The molecule has 2 rings (SSSR count). The molecule has 0 saturated carbocycles. The lowest BCUT2D eigenvalue weighted by molar-refractivity contribution is 0.387. The number of nitrogens with two attached hydrogens (primary N) is 1. The van der Waals surface area contributed by atoms with E-state index in [1.165, 1.54) is 0 Å². The van der Waals surface area contributed by atoms with Crippen molar-refractivity contribution in [1.82, 2.24) is 14.8 Å². The zero-order chi connectivity index (χ0) is 14.7. The Morgan fingerprint density at radius 2 is 2.25 bits per heavy atom. The highest BCUT2D eigenvalue weighted by atomic mass is 79.9. The lowest BCUT2D eigenvalue weighted by Crippen LogP contribution is -2.17. The highest BCUT2D eigenvalue weighted by molar-refractivity contribution is 9.10. The molecule has 0 bridgehead atoms. The van der Waals surface area contributed by atoms with Gasteiger partial charge in [-0.05, 0) is 35.8 Å². The lowest BCUT2D eigenvalue weighted by Gasteiger charge is -2.15. The molecule has 2 aromatic heterocycles. The highest BCUT2D eigenvalue weighted by Gasteiger charge is 2.19. The molecule has 2 N–H and O–H groups in total. The van der Waals surface area contributed by atoms with E-state index in [0.29, 0.717) is 12.3 Å². The topological polar surface area (TPSA) is 66.0 Å². The summed E-state index contributed by atoms with van der Waals surface area (Å²) in [5, 5.41) is 4.49. The van der Waals surface area contributed by atoms with E-state index in [2.05, 4.69) is 32.9 Å². The predicted molar refractivity (Wildman–Crippen MR) is 81.8 cm³/mol. The van der Waals surface area contributed by atoms with Crippen LogP contribution in [0.1, 0.15) is 29.9 Å². The van der Waals surface area contributed by atoms with Crippen LogP contribution in [0, 0.1) is 6.92 Å². The van der Waals surface area contributed by atoms with Gasteiger partial charge in [-0.15, -0.1) is 0 Å². The summed E-state index contributed by atoms with van der Waals surface area (Å²) in [6.07, 6.45) is 2.38. The molecule has 0 aliphatic heterocycles. The quantitative estimate of drug-likeness (QED) is 0.909. The monoisotopic (exact) mass is 338 g/mol. The van der Waals surface area contributed by atoms with Crippen molar-refractivity contribution in [3.8, 4) is 5.88 Å². The summed E-state index contributed by atoms with van der Waals surface area (Å²) < 4.78 is 8.27. The number of aryl methyl sites for hydroxylation is 2. The van der Waals surface area contributed by atoms with Crippen molar-refractivity contribution >= 4 is 15.9 Å². The summed E-state index contributed by atoms with van der Waals surface area (Å²) in [6.45, 7) is 4.87. The number of rotatable bonds is 5. The smallest absolute Gasteiger partial charge is 0.217 e. The Morgan fingerprint density at radius 1 is 1.50 bits per heavy atom. The minimum Gasteiger partial charge on any atom is -0.481 e. The van der Waals surface area contributed by atoms with Crippen molar-refractivity contribution in [2.75, 3.05) is 7.11 Å². The molecular formula is C14H19BrN4O. The van der Waals surface area contributed by atoms with Crippen LogP contribution < -0.4 is 10.5 Å². The zero-order valence-corrected chi connectivity index (χ0v) is 13.5. The molecule has 0 aliphatic carbocycles. The number of ether oxygens (including phenoxy) is 1. The predicted octanol–water partition coefficient (Wildman–Crippen LogP) is 2.62. The SMILES string of the molecule is CCn1nc(C)c(Br)c1CC(N)c1cccnc1OC. The van der Waals surface area contributed by atoms with Crippen LogP contribution in [0.5, 0.6) is 5.88 Å². The fraction of sp³-hybridized carbons (Fsp3) is 0.429. The number of aromatic nitrogens is 3. The second-order valence-corrected chi connectivity index (χ2v) is 5.37. The van der Waals surface area contributed by atoms with Gasteiger partial charge in [0.15, 0.2) is 0 Å². The lowest BCUT2D eigenvalue weighted by atomic mass is 10.0. The third-order valence-corrected chi connectivity index (χ3v) is 4.29. The molecule has 108 valence electrons. The van der Waals surface area contributed by atoms with Gasteiger partial charge in [0.05, 0.1) is 23.0 Å². The van der Waals surface area contributed by atoms with Crippen LogP contribution in [0.3, 0.4) is 0 Å². The second kappa shape index (κ2) is 6.37. The van der Waals surface area contributed by atoms with E-state index >= 15 is 0 Å². The van der Waals surface area contributed by atoms with Gasteiger partial charge >= 0.3 is 0 Å². The number of halogens is 1. The first-order valence-electron chi connectivity index (χ1n) is 6.54. The fourth-order valence-corrected chi connectivity index (χ4v) is 2.68. The second-order valence-electron chi connectivity index (χ2n) is 4.57. The minimum atomic E-state index is -0.184. The van der Waals surface area contributed by atoms with Crippen molar-refractivity contribution in [3.63, 3.8) is 0 Å². The fourth-order valence-electron chi connectivity index (χ4n) is 2.24. The van der Waals surface area contributed by atoms with Gasteiger partial charge in [-0.25, -0.2) is 4.98 Å². The molecule has 1 atom stereocenters. The minimum absolute atomic E-state index is 0.184. The molecule has 20 heavy (non-hydrogen) atoms. The molecule has 0 fully saturated rings.